The van der Waals surface area contributed by atoms with Crippen LogP contribution >= 0.6 is 39.1 Å². The Labute approximate surface area is 206 Å². The number of alkyl halides is 5. The normalized spacial score (nSPS) is 14.2. The molecule has 0 saturated heterocycles. The molecule has 0 aliphatic heterocycles. The summed E-state index contributed by atoms with van der Waals surface area (Å²) in [5.41, 5.74) is 0. The van der Waals surface area contributed by atoms with E-state index in [0.29, 0.717) is 6.42 Å². The molecule has 9 heteroatoms. The molecule has 0 rings (SSSR count). The van der Waals surface area contributed by atoms with Crippen molar-refractivity contribution in [2.45, 2.75) is 81.9 Å². The second-order valence-corrected chi connectivity index (χ2v) is 8.54. The number of hydrogen-bond acceptors (Lipinski definition) is 2. The number of allylic oxidation sites excluding steroid dienone is 8. The highest BCUT2D eigenvalue weighted by atomic mass is 79.9. The second kappa shape index (κ2) is 20.7. The molecule has 0 N–H and O–H groups in total. The Morgan fingerprint density at radius 3 is 1.47 bits per heavy atom. The molecular weight excluding hydrogens is 535 g/mol. The molecule has 0 amide bonds. The van der Waals surface area contributed by atoms with Crippen molar-refractivity contribution < 1.29 is 27.2 Å². The maximum absolute atomic E-state index is 12.0. The lowest BCUT2D eigenvalue weighted by molar-refractivity contribution is -0.190. The molecule has 1 unspecified atom stereocenters. The highest BCUT2D eigenvalue weighted by molar-refractivity contribution is 9.10. The molecule has 1 atom stereocenters. The molecule has 0 aromatic carbocycles. The van der Waals surface area contributed by atoms with Gasteiger partial charge in [0.05, 0.1) is 0 Å². The first-order chi connectivity index (χ1) is 15.0. The predicted molar refractivity (Wildman–Crippen MR) is 129 cm³/mol. The predicted octanol–water partition coefficient (Wildman–Crippen LogP) is 9.27. The fourth-order valence-corrected chi connectivity index (χ4v) is 2.27. The molecule has 0 bridgehead atoms. The zero-order valence-electron chi connectivity index (χ0n) is 18.2. The molecule has 32 heavy (non-hydrogen) atoms. The molecule has 184 valence electrons. The van der Waals surface area contributed by atoms with Crippen LogP contribution in [0.25, 0.3) is 0 Å². The van der Waals surface area contributed by atoms with E-state index in [9.17, 15) is 27.2 Å². The van der Waals surface area contributed by atoms with E-state index in [2.05, 4.69) is 67.1 Å². The van der Waals surface area contributed by atoms with Gasteiger partial charge in [0.2, 0.25) is 5.24 Å². The molecule has 0 aromatic rings. The van der Waals surface area contributed by atoms with Crippen molar-refractivity contribution in [3.8, 4) is 0 Å². The number of unbranched alkanes of at least 4 members (excludes halogenated alkanes) is 4. The highest BCUT2D eigenvalue weighted by Crippen LogP contribution is 2.40. The quantitative estimate of drug-likeness (QED) is 0.0651. The Kier molecular flexibility index (Phi) is 21.5. The van der Waals surface area contributed by atoms with Crippen molar-refractivity contribution in [1.82, 2.24) is 0 Å². The van der Waals surface area contributed by atoms with E-state index in [0.717, 1.165) is 32.1 Å². The summed E-state index contributed by atoms with van der Waals surface area (Å²) in [6, 6.07) is 0. The van der Waals surface area contributed by atoms with Crippen LogP contribution in [0, 0.1) is 0 Å². The van der Waals surface area contributed by atoms with Gasteiger partial charge in [0, 0.05) is 6.42 Å². The lowest BCUT2D eigenvalue weighted by atomic mass is 10.2. The number of carbonyl (C=O) groups excluding carboxylic acids is 2. The lowest BCUT2D eigenvalue weighted by Gasteiger charge is -2.16. The number of hydrogen-bond donors (Lipinski definition) is 0. The molecule has 0 saturated carbocycles. The summed E-state index contributed by atoms with van der Waals surface area (Å²) in [6.45, 7) is 2.24. The van der Waals surface area contributed by atoms with Crippen LogP contribution in [0.4, 0.5) is 17.6 Å². The summed E-state index contributed by atoms with van der Waals surface area (Å²) >= 11 is 11.0. The van der Waals surface area contributed by atoms with Crippen LogP contribution in [-0.4, -0.2) is 21.2 Å². The summed E-state index contributed by atoms with van der Waals surface area (Å²) in [6.07, 6.45) is 22.7. The van der Waals surface area contributed by atoms with Gasteiger partial charge in [-0.25, -0.2) is 4.39 Å². The molecule has 0 fully saturated rings. The minimum absolute atomic E-state index is 0.240. The average molecular weight is 566 g/mol. The Morgan fingerprint density at radius 1 is 0.750 bits per heavy atom. The van der Waals surface area contributed by atoms with Crippen molar-refractivity contribution in [3.63, 3.8) is 0 Å². The fraction of sp³-hybridized carbons (Fsp3) is 0.565. The van der Waals surface area contributed by atoms with E-state index in [1.807, 2.05) is 0 Å². The topological polar surface area (TPSA) is 34.1 Å². The lowest BCUT2D eigenvalue weighted by Crippen LogP contribution is -2.39. The van der Waals surface area contributed by atoms with Crippen molar-refractivity contribution >= 4 is 49.6 Å². The summed E-state index contributed by atoms with van der Waals surface area (Å²) in [7, 11) is 0. The van der Waals surface area contributed by atoms with Gasteiger partial charge in [-0.05, 0) is 84.1 Å². The number of halogens is 7. The standard InChI is InChI=1S/C20H31ClO.C3BrClF4O/c1-2-3-4-5-6-7-8-9-10-11-12-13-14-15-16-17-18-19-20(21)22;4-2(6,1(5)10)3(7,8)9/h6-7,9-10,12-13,15-16H,2-5,8,11,14,17-19H2,1H3;. The third-order valence-electron chi connectivity index (χ3n) is 3.80. The first-order valence-corrected chi connectivity index (χ1v) is 11.9. The van der Waals surface area contributed by atoms with Crippen LogP contribution in [0.3, 0.4) is 0 Å². The van der Waals surface area contributed by atoms with E-state index in [-0.39, 0.29) is 5.24 Å². The van der Waals surface area contributed by atoms with Crippen LogP contribution in [-0.2, 0) is 9.59 Å². The minimum Gasteiger partial charge on any atom is -0.281 e. The van der Waals surface area contributed by atoms with Crippen molar-refractivity contribution in [2.75, 3.05) is 0 Å². The first-order valence-electron chi connectivity index (χ1n) is 10.4. The van der Waals surface area contributed by atoms with Gasteiger partial charge in [-0.15, -0.1) is 0 Å². The average Bonchev–Trinajstić information content (AvgIpc) is 2.69. The van der Waals surface area contributed by atoms with Crippen molar-refractivity contribution in [1.29, 1.82) is 0 Å². The van der Waals surface area contributed by atoms with Crippen LogP contribution < -0.4 is 0 Å². The SMILES string of the molecule is CCCCCC=CCC=CCC=CCC=CCCCC(=O)Cl.O=C(Cl)C(F)(Br)C(F)(F)F. The van der Waals surface area contributed by atoms with Gasteiger partial charge in [0.15, 0.2) is 0 Å². The minimum atomic E-state index is -5.31. The van der Waals surface area contributed by atoms with Crippen LogP contribution in [0.15, 0.2) is 48.6 Å². The monoisotopic (exact) mass is 564 g/mol. The second-order valence-electron chi connectivity index (χ2n) is 6.68. The van der Waals surface area contributed by atoms with Gasteiger partial charge in [-0.3, -0.25) is 9.59 Å². The smallest absolute Gasteiger partial charge is 0.281 e. The number of carbonyl (C=O) groups is 2. The third kappa shape index (κ3) is 21.0. The van der Waals surface area contributed by atoms with Gasteiger partial charge < -0.3 is 0 Å². The van der Waals surface area contributed by atoms with Gasteiger partial charge >= 0.3 is 10.8 Å². The molecular formula is C23H31BrCl2F4O2. The van der Waals surface area contributed by atoms with Crippen molar-refractivity contribution in [2.24, 2.45) is 0 Å². The maximum atomic E-state index is 12.0. The zero-order chi connectivity index (χ0) is 24.9. The molecule has 0 spiro atoms. The van der Waals surface area contributed by atoms with Gasteiger partial charge in [0.1, 0.15) is 0 Å². The number of rotatable bonds is 15. The molecule has 0 heterocycles. The summed E-state index contributed by atoms with van der Waals surface area (Å²) < 4.78 is 42.0. The molecule has 0 aliphatic rings. The Bertz CT molecular complexity index is 628. The van der Waals surface area contributed by atoms with Crippen LogP contribution in [0.1, 0.15) is 71.1 Å². The van der Waals surface area contributed by atoms with E-state index in [1.54, 1.807) is 0 Å². The van der Waals surface area contributed by atoms with Crippen LogP contribution in [0.5, 0.6) is 0 Å². The summed E-state index contributed by atoms with van der Waals surface area (Å²) in [5.74, 6) is 0. The highest BCUT2D eigenvalue weighted by Gasteiger charge is 2.59. The van der Waals surface area contributed by atoms with E-state index < -0.39 is 16.0 Å². The van der Waals surface area contributed by atoms with Gasteiger partial charge in [0.25, 0.3) is 5.24 Å². The maximum Gasteiger partial charge on any atom is 0.441 e. The Morgan fingerprint density at radius 2 is 1.16 bits per heavy atom. The molecule has 2 nitrogen and oxygen atoms in total. The van der Waals surface area contributed by atoms with E-state index in [1.165, 1.54) is 41.6 Å². The Hall–Kier alpha value is -0.920. The molecule has 0 radical (unpaired) electrons. The Balaban J connectivity index is 0. The van der Waals surface area contributed by atoms with Gasteiger partial charge in [-0.2, -0.15) is 13.2 Å². The molecule has 0 aromatic heterocycles. The third-order valence-corrected chi connectivity index (χ3v) is 5.29. The summed E-state index contributed by atoms with van der Waals surface area (Å²) in [4.78, 5) is 20.3. The first kappa shape index (κ1) is 33.3. The molecule has 0 aliphatic carbocycles. The van der Waals surface area contributed by atoms with E-state index in [4.69, 9.17) is 11.6 Å². The van der Waals surface area contributed by atoms with Crippen molar-refractivity contribution in [3.05, 3.63) is 48.6 Å². The van der Waals surface area contributed by atoms with Gasteiger partial charge in [-0.1, -0.05) is 68.4 Å². The largest absolute Gasteiger partial charge is 0.441 e. The summed E-state index contributed by atoms with van der Waals surface area (Å²) in [5, 5.41) is -2.38. The zero-order valence-corrected chi connectivity index (χ0v) is 21.2. The fourth-order valence-electron chi connectivity index (χ4n) is 2.03. The van der Waals surface area contributed by atoms with E-state index >= 15 is 0 Å². The van der Waals surface area contributed by atoms with Crippen LogP contribution in [0.2, 0.25) is 0 Å².